The average Bonchev–Trinajstić information content (AvgIpc) is 2.39. The first-order valence-electron chi connectivity index (χ1n) is 6.43. The fourth-order valence-electron chi connectivity index (χ4n) is 2.72. The van der Waals surface area contributed by atoms with Crippen LogP contribution < -0.4 is 0 Å². The van der Waals surface area contributed by atoms with Crippen molar-refractivity contribution in [2.75, 3.05) is 6.54 Å². The third kappa shape index (κ3) is 3.79. The highest BCUT2D eigenvalue weighted by atomic mass is 15.1. The summed E-state index contributed by atoms with van der Waals surface area (Å²) in [5, 5.41) is 3.69. The largest absolute Gasteiger partial charge is 0.0937 e. The van der Waals surface area contributed by atoms with Crippen LogP contribution >= 0.6 is 0 Å². The summed E-state index contributed by atoms with van der Waals surface area (Å²) < 4.78 is 0. The first-order valence-corrected chi connectivity index (χ1v) is 6.43. The van der Waals surface area contributed by atoms with Gasteiger partial charge in [-0.3, -0.25) is 0 Å². The molecule has 1 aromatic rings. The van der Waals surface area contributed by atoms with Crippen LogP contribution in [-0.2, 0) is 6.42 Å². The van der Waals surface area contributed by atoms with Gasteiger partial charge < -0.3 is 0 Å². The van der Waals surface area contributed by atoms with Gasteiger partial charge in [0.1, 0.15) is 0 Å². The SMILES string of the molecule is [N-]=[N+]=NCC1CCC(Cc2ccccc2)CC1. The molecule has 3 heteroatoms. The second kappa shape index (κ2) is 6.31. The maximum Gasteiger partial charge on any atom is 0.0286 e. The lowest BCUT2D eigenvalue weighted by atomic mass is 9.79. The van der Waals surface area contributed by atoms with Crippen molar-refractivity contribution in [1.29, 1.82) is 0 Å². The number of rotatable bonds is 4. The van der Waals surface area contributed by atoms with Crippen molar-refractivity contribution in [2.45, 2.75) is 32.1 Å². The lowest BCUT2D eigenvalue weighted by Crippen LogP contribution is -2.18. The van der Waals surface area contributed by atoms with Crippen LogP contribution in [0.25, 0.3) is 10.4 Å². The average molecular weight is 229 g/mol. The van der Waals surface area contributed by atoms with E-state index in [1.54, 1.807) is 0 Å². The van der Waals surface area contributed by atoms with E-state index in [9.17, 15) is 0 Å². The molecule has 0 atom stereocenters. The molecular weight excluding hydrogens is 210 g/mol. The monoisotopic (exact) mass is 229 g/mol. The summed E-state index contributed by atoms with van der Waals surface area (Å²) in [5.74, 6) is 1.44. The number of hydrogen-bond acceptors (Lipinski definition) is 1. The van der Waals surface area contributed by atoms with Gasteiger partial charge in [0.25, 0.3) is 0 Å². The third-order valence-corrected chi connectivity index (χ3v) is 3.74. The molecule has 1 saturated carbocycles. The molecule has 1 fully saturated rings. The Bertz CT molecular complexity index is 374. The minimum Gasteiger partial charge on any atom is -0.0937 e. The second-order valence-corrected chi connectivity index (χ2v) is 4.99. The Morgan fingerprint density at radius 3 is 2.35 bits per heavy atom. The maximum absolute atomic E-state index is 8.30. The van der Waals surface area contributed by atoms with Gasteiger partial charge in [0, 0.05) is 11.5 Å². The molecule has 1 aliphatic carbocycles. The molecule has 0 spiro atoms. The Balaban J connectivity index is 1.77. The molecule has 1 aromatic carbocycles. The van der Waals surface area contributed by atoms with Crippen LogP contribution in [0.3, 0.4) is 0 Å². The quantitative estimate of drug-likeness (QED) is 0.419. The normalized spacial score (nSPS) is 24.0. The minimum atomic E-state index is 0.623. The molecule has 2 rings (SSSR count). The Hall–Kier alpha value is -1.47. The van der Waals surface area contributed by atoms with Crippen molar-refractivity contribution in [3.63, 3.8) is 0 Å². The lowest BCUT2D eigenvalue weighted by molar-refractivity contribution is 0.278. The zero-order chi connectivity index (χ0) is 11.9. The van der Waals surface area contributed by atoms with Gasteiger partial charge in [0.05, 0.1) is 0 Å². The van der Waals surface area contributed by atoms with Crippen molar-refractivity contribution in [1.82, 2.24) is 0 Å². The molecule has 0 saturated heterocycles. The molecule has 0 heterocycles. The number of benzene rings is 1. The van der Waals surface area contributed by atoms with Crippen molar-refractivity contribution >= 4 is 0 Å². The van der Waals surface area contributed by atoms with E-state index in [2.05, 4.69) is 40.4 Å². The minimum absolute atomic E-state index is 0.623. The van der Waals surface area contributed by atoms with Crippen LogP contribution in [0, 0.1) is 11.8 Å². The maximum atomic E-state index is 8.30. The van der Waals surface area contributed by atoms with Gasteiger partial charge in [-0.1, -0.05) is 48.3 Å². The topological polar surface area (TPSA) is 48.8 Å². The van der Waals surface area contributed by atoms with Crippen molar-refractivity contribution < 1.29 is 0 Å². The van der Waals surface area contributed by atoms with Gasteiger partial charge in [-0.2, -0.15) is 0 Å². The van der Waals surface area contributed by atoms with E-state index in [1.165, 1.54) is 37.7 Å². The molecule has 0 unspecified atom stereocenters. The zero-order valence-corrected chi connectivity index (χ0v) is 10.1. The fraction of sp³-hybridized carbons (Fsp3) is 0.571. The summed E-state index contributed by atoms with van der Waals surface area (Å²) in [6.07, 6.45) is 6.20. The van der Waals surface area contributed by atoms with Gasteiger partial charge >= 0.3 is 0 Å². The Morgan fingerprint density at radius 1 is 1.06 bits per heavy atom. The van der Waals surface area contributed by atoms with E-state index in [0.29, 0.717) is 12.5 Å². The van der Waals surface area contributed by atoms with Gasteiger partial charge in [-0.15, -0.1) is 0 Å². The lowest BCUT2D eigenvalue weighted by Gasteiger charge is -2.27. The van der Waals surface area contributed by atoms with E-state index >= 15 is 0 Å². The summed E-state index contributed by atoms with van der Waals surface area (Å²) >= 11 is 0. The molecule has 1 aliphatic rings. The van der Waals surface area contributed by atoms with E-state index in [0.717, 1.165) is 5.92 Å². The molecule has 0 aromatic heterocycles. The molecular formula is C14H19N3. The highest BCUT2D eigenvalue weighted by molar-refractivity contribution is 5.15. The Kier molecular flexibility index (Phi) is 4.45. The van der Waals surface area contributed by atoms with Gasteiger partial charge in [0.15, 0.2) is 0 Å². The summed E-state index contributed by atoms with van der Waals surface area (Å²) in [4.78, 5) is 2.84. The van der Waals surface area contributed by atoms with Gasteiger partial charge in [-0.05, 0) is 42.2 Å². The first kappa shape index (κ1) is 12.0. The van der Waals surface area contributed by atoms with Crippen molar-refractivity contribution in [3.05, 3.63) is 46.3 Å². The Labute approximate surface area is 102 Å². The first-order chi connectivity index (χ1) is 8.38. The van der Waals surface area contributed by atoms with E-state index in [1.807, 2.05) is 0 Å². The predicted octanol–water partition coefficient (Wildman–Crippen LogP) is 4.35. The molecule has 0 amide bonds. The summed E-state index contributed by atoms with van der Waals surface area (Å²) in [6.45, 7) is 0.689. The second-order valence-electron chi connectivity index (χ2n) is 4.99. The van der Waals surface area contributed by atoms with Crippen LogP contribution in [0.2, 0.25) is 0 Å². The highest BCUT2D eigenvalue weighted by Crippen LogP contribution is 2.31. The zero-order valence-electron chi connectivity index (χ0n) is 10.1. The third-order valence-electron chi connectivity index (χ3n) is 3.74. The predicted molar refractivity (Wildman–Crippen MR) is 69.6 cm³/mol. The van der Waals surface area contributed by atoms with Crippen LogP contribution in [0.4, 0.5) is 0 Å². The van der Waals surface area contributed by atoms with Crippen molar-refractivity contribution in [2.24, 2.45) is 17.0 Å². The molecule has 90 valence electrons. The molecule has 0 bridgehead atoms. The number of hydrogen-bond donors (Lipinski definition) is 0. The highest BCUT2D eigenvalue weighted by Gasteiger charge is 2.20. The fourth-order valence-corrected chi connectivity index (χ4v) is 2.72. The summed E-state index contributed by atoms with van der Waals surface area (Å²) in [6, 6.07) is 10.7. The van der Waals surface area contributed by atoms with E-state index in [4.69, 9.17) is 5.53 Å². The van der Waals surface area contributed by atoms with Crippen LogP contribution in [-0.4, -0.2) is 6.54 Å². The van der Waals surface area contributed by atoms with Crippen LogP contribution in [0.15, 0.2) is 35.4 Å². The van der Waals surface area contributed by atoms with Crippen LogP contribution in [0.1, 0.15) is 31.2 Å². The van der Waals surface area contributed by atoms with Crippen LogP contribution in [0.5, 0.6) is 0 Å². The smallest absolute Gasteiger partial charge is 0.0286 e. The molecule has 0 radical (unpaired) electrons. The van der Waals surface area contributed by atoms with Gasteiger partial charge in [-0.25, -0.2) is 0 Å². The molecule has 17 heavy (non-hydrogen) atoms. The van der Waals surface area contributed by atoms with E-state index in [-0.39, 0.29) is 0 Å². The van der Waals surface area contributed by atoms with Gasteiger partial charge in [0.2, 0.25) is 0 Å². The van der Waals surface area contributed by atoms with E-state index < -0.39 is 0 Å². The molecule has 3 nitrogen and oxygen atoms in total. The van der Waals surface area contributed by atoms with Crippen molar-refractivity contribution in [3.8, 4) is 0 Å². The summed E-state index contributed by atoms with van der Waals surface area (Å²) in [5.41, 5.74) is 9.75. The molecule has 0 N–H and O–H groups in total. The number of nitrogens with zero attached hydrogens (tertiary/aromatic N) is 3. The standard InChI is InChI=1S/C14H19N3/c15-17-16-11-14-8-6-13(7-9-14)10-12-4-2-1-3-5-12/h1-5,13-14H,6-11H2. The Morgan fingerprint density at radius 2 is 1.71 bits per heavy atom. The number of azide groups is 1. The summed E-state index contributed by atoms with van der Waals surface area (Å²) in [7, 11) is 0. The molecule has 0 aliphatic heterocycles.